The van der Waals surface area contributed by atoms with Crippen molar-refractivity contribution in [1.82, 2.24) is 10.6 Å². The van der Waals surface area contributed by atoms with Gasteiger partial charge in [0.25, 0.3) is 0 Å². The highest BCUT2D eigenvalue weighted by Crippen LogP contribution is 2.10. The molecular weight excluding hydrogens is 330 g/mol. The Morgan fingerprint density at radius 1 is 0.960 bits per heavy atom. The third-order valence-corrected chi connectivity index (χ3v) is 4.03. The molecule has 0 bridgehead atoms. The van der Waals surface area contributed by atoms with E-state index in [9.17, 15) is 24.3 Å². The lowest BCUT2D eigenvalue weighted by Crippen LogP contribution is -2.57. The number of hydrogen-bond donors (Lipinski definition) is 5. The maximum absolute atomic E-state index is 12.4. The van der Waals surface area contributed by atoms with E-state index < -0.39 is 41.9 Å². The average molecular weight is 359 g/mol. The fourth-order valence-electron chi connectivity index (χ4n) is 2.13. The van der Waals surface area contributed by atoms with Crippen LogP contribution in [0.25, 0.3) is 0 Å². The van der Waals surface area contributed by atoms with Crippen molar-refractivity contribution < 1.29 is 29.4 Å². The topological polar surface area (TPSA) is 159 Å². The second kappa shape index (κ2) is 10.7. The standard InChI is InChI=1S/C16H29N3O6/c1-5-9(4)13(16(24)25)19-15(23)12(8(2)3)18-14(22)10(17)6-7-11(20)21/h8-10,12-13H,5-7,17H2,1-4H3,(H,18,22)(H,19,23)(H,20,21)(H,24,25)/t9-,10-,12-,13-/m0/s1. The van der Waals surface area contributed by atoms with Crippen LogP contribution < -0.4 is 16.4 Å². The third kappa shape index (κ3) is 7.97. The largest absolute Gasteiger partial charge is 0.481 e. The van der Waals surface area contributed by atoms with Crippen LogP contribution in [0.15, 0.2) is 0 Å². The number of carbonyl (C=O) groups is 4. The first-order valence-corrected chi connectivity index (χ1v) is 8.32. The summed E-state index contributed by atoms with van der Waals surface area (Å²) in [6, 6.07) is -3.08. The van der Waals surface area contributed by atoms with E-state index in [0.29, 0.717) is 6.42 Å². The van der Waals surface area contributed by atoms with E-state index in [0.717, 1.165) is 0 Å². The Hall–Kier alpha value is -2.16. The Morgan fingerprint density at radius 2 is 1.48 bits per heavy atom. The molecule has 0 aromatic rings. The van der Waals surface area contributed by atoms with E-state index in [2.05, 4.69) is 10.6 Å². The fourth-order valence-corrected chi connectivity index (χ4v) is 2.13. The van der Waals surface area contributed by atoms with Crippen LogP contribution in [0.4, 0.5) is 0 Å². The molecule has 4 atom stereocenters. The molecule has 9 heteroatoms. The maximum atomic E-state index is 12.4. The van der Waals surface area contributed by atoms with Gasteiger partial charge in [-0.25, -0.2) is 4.79 Å². The SMILES string of the molecule is CC[C@H](C)[C@H](NC(=O)[C@@H](NC(=O)[C@@H](N)CCC(=O)O)C(C)C)C(=O)O. The van der Waals surface area contributed by atoms with Crippen molar-refractivity contribution in [2.24, 2.45) is 17.6 Å². The predicted octanol–water partition coefficient (Wildman–Crippen LogP) is -0.0652. The number of carboxylic acids is 2. The van der Waals surface area contributed by atoms with Crippen molar-refractivity contribution in [2.75, 3.05) is 0 Å². The van der Waals surface area contributed by atoms with Gasteiger partial charge in [-0.3, -0.25) is 14.4 Å². The zero-order valence-electron chi connectivity index (χ0n) is 15.1. The van der Waals surface area contributed by atoms with E-state index in [1.165, 1.54) is 0 Å². The van der Waals surface area contributed by atoms with E-state index in [-0.39, 0.29) is 24.7 Å². The van der Waals surface area contributed by atoms with E-state index in [4.69, 9.17) is 10.8 Å². The second-order valence-corrected chi connectivity index (χ2v) is 6.48. The molecule has 0 aliphatic carbocycles. The highest BCUT2D eigenvalue weighted by molar-refractivity contribution is 5.92. The average Bonchev–Trinajstić information content (AvgIpc) is 2.53. The zero-order valence-corrected chi connectivity index (χ0v) is 15.1. The van der Waals surface area contributed by atoms with Crippen LogP contribution in [0.3, 0.4) is 0 Å². The van der Waals surface area contributed by atoms with Crippen LogP contribution in [0.5, 0.6) is 0 Å². The van der Waals surface area contributed by atoms with Crippen molar-refractivity contribution in [2.45, 2.75) is 65.1 Å². The summed E-state index contributed by atoms with van der Waals surface area (Å²) in [5.41, 5.74) is 5.63. The molecule has 0 aromatic carbocycles. The molecule has 144 valence electrons. The monoisotopic (exact) mass is 359 g/mol. The van der Waals surface area contributed by atoms with Gasteiger partial charge in [-0.1, -0.05) is 34.1 Å². The number of hydrogen-bond acceptors (Lipinski definition) is 5. The number of amides is 2. The lowest BCUT2D eigenvalue weighted by Gasteiger charge is -2.27. The molecule has 0 radical (unpaired) electrons. The normalized spacial score (nSPS) is 15.8. The maximum Gasteiger partial charge on any atom is 0.326 e. The highest BCUT2D eigenvalue weighted by atomic mass is 16.4. The van der Waals surface area contributed by atoms with E-state index in [1.807, 2.05) is 6.92 Å². The molecule has 0 fully saturated rings. The van der Waals surface area contributed by atoms with Gasteiger partial charge in [0, 0.05) is 6.42 Å². The molecule has 0 rings (SSSR count). The minimum Gasteiger partial charge on any atom is -0.481 e. The number of carbonyl (C=O) groups excluding carboxylic acids is 2. The molecule has 6 N–H and O–H groups in total. The summed E-state index contributed by atoms with van der Waals surface area (Å²) in [5.74, 6) is -4.05. The predicted molar refractivity (Wildman–Crippen MR) is 90.6 cm³/mol. The second-order valence-electron chi connectivity index (χ2n) is 6.48. The van der Waals surface area contributed by atoms with Gasteiger partial charge in [0.1, 0.15) is 12.1 Å². The molecule has 0 heterocycles. The molecule has 0 spiro atoms. The first-order valence-electron chi connectivity index (χ1n) is 8.32. The van der Waals surface area contributed by atoms with Gasteiger partial charge in [0.05, 0.1) is 6.04 Å². The van der Waals surface area contributed by atoms with Crippen LogP contribution in [0.2, 0.25) is 0 Å². The lowest BCUT2D eigenvalue weighted by atomic mass is 9.97. The van der Waals surface area contributed by atoms with E-state index >= 15 is 0 Å². The van der Waals surface area contributed by atoms with Gasteiger partial charge >= 0.3 is 11.9 Å². The zero-order chi connectivity index (χ0) is 19.7. The third-order valence-electron chi connectivity index (χ3n) is 4.03. The first kappa shape index (κ1) is 22.8. The number of nitrogens with two attached hydrogens (primary N) is 1. The summed E-state index contributed by atoms with van der Waals surface area (Å²) < 4.78 is 0. The molecule has 2 amide bonds. The first-order chi connectivity index (χ1) is 11.5. The summed E-state index contributed by atoms with van der Waals surface area (Å²) in [4.78, 5) is 46.3. The number of aliphatic carboxylic acids is 2. The van der Waals surface area contributed by atoms with Gasteiger partial charge < -0.3 is 26.6 Å². The highest BCUT2D eigenvalue weighted by Gasteiger charge is 2.31. The van der Waals surface area contributed by atoms with Gasteiger partial charge in [0.2, 0.25) is 11.8 Å². The molecule has 25 heavy (non-hydrogen) atoms. The Morgan fingerprint density at radius 3 is 1.88 bits per heavy atom. The molecule has 0 saturated heterocycles. The van der Waals surface area contributed by atoms with Crippen LogP contribution in [0, 0.1) is 11.8 Å². The van der Waals surface area contributed by atoms with Gasteiger partial charge in [0.15, 0.2) is 0 Å². The van der Waals surface area contributed by atoms with Crippen molar-refractivity contribution in [3.05, 3.63) is 0 Å². The number of rotatable bonds is 11. The van der Waals surface area contributed by atoms with Crippen LogP contribution >= 0.6 is 0 Å². The molecule has 0 aromatic heterocycles. The summed E-state index contributed by atoms with van der Waals surface area (Å²) >= 11 is 0. The minimum atomic E-state index is -1.14. The Bertz CT molecular complexity index is 494. The summed E-state index contributed by atoms with van der Waals surface area (Å²) in [5, 5.41) is 22.8. The van der Waals surface area contributed by atoms with Crippen molar-refractivity contribution in [3.63, 3.8) is 0 Å². The number of carboxylic acid groups (broad SMARTS) is 2. The van der Waals surface area contributed by atoms with Gasteiger partial charge in [-0.15, -0.1) is 0 Å². The summed E-state index contributed by atoms with van der Waals surface area (Å²) in [7, 11) is 0. The fraction of sp³-hybridized carbons (Fsp3) is 0.750. The molecule has 0 saturated carbocycles. The summed E-state index contributed by atoms with van der Waals surface area (Å²) in [6.45, 7) is 6.93. The van der Waals surface area contributed by atoms with Crippen LogP contribution in [0.1, 0.15) is 47.0 Å². The van der Waals surface area contributed by atoms with Gasteiger partial charge in [-0.2, -0.15) is 0 Å². The Labute approximate surface area is 147 Å². The summed E-state index contributed by atoms with van der Waals surface area (Å²) in [6.07, 6.45) is 0.246. The molecule has 9 nitrogen and oxygen atoms in total. The van der Waals surface area contributed by atoms with Gasteiger partial charge in [-0.05, 0) is 18.3 Å². The molecule has 0 aliphatic rings. The number of nitrogens with one attached hydrogen (secondary N) is 2. The van der Waals surface area contributed by atoms with Crippen molar-refractivity contribution >= 4 is 23.8 Å². The van der Waals surface area contributed by atoms with Crippen molar-refractivity contribution in [3.8, 4) is 0 Å². The molecule has 0 unspecified atom stereocenters. The quantitative estimate of drug-likeness (QED) is 0.345. The minimum absolute atomic E-state index is 0.0573. The Kier molecular flexibility index (Phi) is 9.73. The molecule has 0 aliphatic heterocycles. The lowest BCUT2D eigenvalue weighted by molar-refractivity contribution is -0.144. The Balaban J connectivity index is 4.97. The van der Waals surface area contributed by atoms with Crippen LogP contribution in [-0.4, -0.2) is 52.1 Å². The van der Waals surface area contributed by atoms with Crippen molar-refractivity contribution in [1.29, 1.82) is 0 Å². The van der Waals surface area contributed by atoms with Crippen LogP contribution in [-0.2, 0) is 19.2 Å². The molecular formula is C16H29N3O6. The van der Waals surface area contributed by atoms with E-state index in [1.54, 1.807) is 20.8 Å². The smallest absolute Gasteiger partial charge is 0.326 e.